The predicted molar refractivity (Wildman–Crippen MR) is 43.4 cm³/mol. The zero-order valence-electron chi connectivity index (χ0n) is 6.71. The van der Waals surface area contributed by atoms with E-state index in [0.29, 0.717) is 13.0 Å². The molecule has 0 heterocycles. The summed E-state index contributed by atoms with van der Waals surface area (Å²) < 4.78 is 0. The molecule has 66 valence electrons. The van der Waals surface area contributed by atoms with Gasteiger partial charge in [-0.15, -0.1) is 0 Å². The summed E-state index contributed by atoms with van der Waals surface area (Å²) in [5.74, 6) is 0.0122. The van der Waals surface area contributed by atoms with E-state index in [0.717, 1.165) is 0 Å². The van der Waals surface area contributed by atoms with Gasteiger partial charge in [0.1, 0.15) is 6.29 Å². The molecule has 5 nitrogen and oxygen atoms in total. The van der Waals surface area contributed by atoms with E-state index < -0.39 is 12.3 Å². The van der Waals surface area contributed by atoms with Crippen LogP contribution in [0.4, 0.5) is 0 Å². The molecule has 0 aromatic carbocycles. The van der Waals surface area contributed by atoms with Gasteiger partial charge in [0.2, 0.25) is 0 Å². The van der Waals surface area contributed by atoms with Crippen LogP contribution in [0.5, 0.6) is 0 Å². The average molecular weight is 160 g/mol. The van der Waals surface area contributed by atoms with E-state index in [9.17, 15) is 4.79 Å². The molecule has 0 aliphatic carbocycles. The molecule has 0 bridgehead atoms. The maximum absolute atomic E-state index is 10.9. The van der Waals surface area contributed by atoms with Gasteiger partial charge < -0.3 is 17.2 Å². The molecule has 0 rings (SSSR count). The third-order valence-electron chi connectivity index (χ3n) is 1.34. The van der Waals surface area contributed by atoms with Crippen LogP contribution < -0.4 is 22.5 Å². The summed E-state index contributed by atoms with van der Waals surface area (Å²) in [5, 5.41) is 2.67. The standard InChI is InChI=1S/C6H16N4O/c1-2-5(11)4(7)3-10-6(8)9/h4,6,10H,2-3,7-9H2,1H3. The normalized spacial score (nSPS) is 13.5. The van der Waals surface area contributed by atoms with Crippen LogP contribution >= 0.6 is 0 Å². The zero-order valence-corrected chi connectivity index (χ0v) is 6.71. The quantitative estimate of drug-likeness (QED) is 0.351. The topological polar surface area (TPSA) is 107 Å². The van der Waals surface area contributed by atoms with Gasteiger partial charge in [-0.3, -0.25) is 10.1 Å². The monoisotopic (exact) mass is 160 g/mol. The number of rotatable bonds is 5. The largest absolute Gasteiger partial charge is 0.320 e. The van der Waals surface area contributed by atoms with Crippen molar-refractivity contribution < 1.29 is 4.79 Å². The van der Waals surface area contributed by atoms with Gasteiger partial charge in [-0.05, 0) is 0 Å². The first kappa shape index (κ1) is 10.5. The smallest absolute Gasteiger partial charge is 0.150 e. The number of hydrogen-bond acceptors (Lipinski definition) is 5. The number of hydrogen-bond donors (Lipinski definition) is 4. The van der Waals surface area contributed by atoms with Crippen molar-refractivity contribution in [3.05, 3.63) is 0 Å². The first-order chi connectivity index (χ1) is 5.07. The summed E-state index contributed by atoms with van der Waals surface area (Å²) in [6.45, 7) is 2.11. The lowest BCUT2D eigenvalue weighted by Crippen LogP contribution is -2.51. The first-order valence-corrected chi connectivity index (χ1v) is 3.60. The molecular weight excluding hydrogens is 144 g/mol. The average Bonchev–Trinajstić information content (AvgIpc) is 1.98. The van der Waals surface area contributed by atoms with Crippen LogP contribution in [0.2, 0.25) is 0 Å². The Morgan fingerprint density at radius 3 is 2.36 bits per heavy atom. The Hall–Kier alpha value is -0.490. The Bertz CT molecular complexity index is 126. The molecule has 7 N–H and O–H groups in total. The lowest BCUT2D eigenvalue weighted by molar-refractivity contribution is -0.119. The Labute approximate surface area is 66.3 Å². The summed E-state index contributed by atoms with van der Waals surface area (Å²) >= 11 is 0. The number of Topliss-reactive ketones (excluding diaryl/α,β-unsaturated/α-hetero) is 1. The number of ketones is 1. The lowest BCUT2D eigenvalue weighted by atomic mass is 10.1. The van der Waals surface area contributed by atoms with Crippen LogP contribution in [-0.4, -0.2) is 24.7 Å². The van der Waals surface area contributed by atoms with Crippen molar-refractivity contribution in [3.63, 3.8) is 0 Å². The first-order valence-electron chi connectivity index (χ1n) is 3.60. The minimum absolute atomic E-state index is 0.0122. The van der Waals surface area contributed by atoms with Crippen LogP contribution in [0.3, 0.4) is 0 Å². The van der Waals surface area contributed by atoms with Crippen LogP contribution in [0.25, 0.3) is 0 Å². The van der Waals surface area contributed by atoms with Crippen LogP contribution in [0.1, 0.15) is 13.3 Å². The van der Waals surface area contributed by atoms with Gasteiger partial charge in [0.25, 0.3) is 0 Å². The molecule has 0 radical (unpaired) electrons. The molecule has 0 fully saturated rings. The van der Waals surface area contributed by atoms with Crippen molar-refractivity contribution in [1.29, 1.82) is 0 Å². The molecule has 0 aliphatic rings. The van der Waals surface area contributed by atoms with Gasteiger partial charge in [0, 0.05) is 13.0 Å². The van der Waals surface area contributed by atoms with Gasteiger partial charge in [-0.2, -0.15) is 0 Å². The predicted octanol–water partition coefficient (Wildman–Crippen LogP) is -1.92. The fourth-order valence-corrected chi connectivity index (χ4v) is 0.639. The molecule has 0 saturated carbocycles. The minimum atomic E-state index is -0.606. The van der Waals surface area contributed by atoms with Crippen molar-refractivity contribution in [2.75, 3.05) is 6.54 Å². The Kier molecular flexibility index (Phi) is 4.97. The second-order valence-electron chi connectivity index (χ2n) is 2.36. The highest BCUT2D eigenvalue weighted by atomic mass is 16.1. The molecule has 0 aromatic heterocycles. The molecular formula is C6H16N4O. The fourth-order valence-electron chi connectivity index (χ4n) is 0.639. The van der Waals surface area contributed by atoms with E-state index in [1.54, 1.807) is 6.92 Å². The molecule has 1 unspecified atom stereocenters. The van der Waals surface area contributed by atoms with Crippen LogP contribution in [0.15, 0.2) is 0 Å². The van der Waals surface area contributed by atoms with Gasteiger partial charge in [-0.1, -0.05) is 6.92 Å². The maximum Gasteiger partial charge on any atom is 0.150 e. The van der Waals surface area contributed by atoms with Crippen molar-refractivity contribution in [2.45, 2.75) is 25.7 Å². The summed E-state index contributed by atoms with van der Waals surface area (Å²) in [7, 11) is 0. The van der Waals surface area contributed by atoms with Gasteiger partial charge in [0.15, 0.2) is 5.78 Å². The highest BCUT2D eigenvalue weighted by molar-refractivity contribution is 5.83. The van der Waals surface area contributed by atoms with E-state index >= 15 is 0 Å². The second-order valence-corrected chi connectivity index (χ2v) is 2.36. The number of carbonyl (C=O) groups is 1. The minimum Gasteiger partial charge on any atom is -0.320 e. The SMILES string of the molecule is CCC(=O)C(N)CNC(N)N. The summed E-state index contributed by atoms with van der Waals surface area (Å²) in [6, 6.07) is -0.491. The van der Waals surface area contributed by atoms with Gasteiger partial charge in [-0.25, -0.2) is 0 Å². The molecule has 0 saturated heterocycles. The number of carbonyl (C=O) groups excluding carboxylic acids is 1. The summed E-state index contributed by atoms with van der Waals surface area (Å²) in [6.07, 6.45) is -0.159. The molecule has 1 atom stereocenters. The van der Waals surface area contributed by atoms with Crippen molar-refractivity contribution in [2.24, 2.45) is 17.2 Å². The summed E-state index contributed by atoms with van der Waals surface area (Å²) in [4.78, 5) is 10.9. The Morgan fingerprint density at radius 1 is 1.45 bits per heavy atom. The summed E-state index contributed by atoms with van der Waals surface area (Å²) in [5.41, 5.74) is 15.8. The molecule has 0 amide bonds. The number of nitrogens with two attached hydrogens (primary N) is 3. The van der Waals surface area contributed by atoms with E-state index in [1.807, 2.05) is 0 Å². The third kappa shape index (κ3) is 4.86. The zero-order chi connectivity index (χ0) is 8.85. The van der Waals surface area contributed by atoms with E-state index in [2.05, 4.69) is 5.32 Å². The van der Waals surface area contributed by atoms with Crippen LogP contribution in [0, 0.1) is 0 Å². The molecule has 0 aromatic rings. The number of nitrogens with one attached hydrogen (secondary N) is 1. The van der Waals surface area contributed by atoms with Crippen LogP contribution in [-0.2, 0) is 4.79 Å². The van der Waals surface area contributed by atoms with Crippen molar-refractivity contribution in [3.8, 4) is 0 Å². The van der Waals surface area contributed by atoms with E-state index in [-0.39, 0.29) is 5.78 Å². The highest BCUT2D eigenvalue weighted by Crippen LogP contribution is 1.85. The second kappa shape index (κ2) is 5.20. The van der Waals surface area contributed by atoms with Gasteiger partial charge in [0.05, 0.1) is 6.04 Å². The maximum atomic E-state index is 10.9. The van der Waals surface area contributed by atoms with Crippen molar-refractivity contribution in [1.82, 2.24) is 5.32 Å². The van der Waals surface area contributed by atoms with E-state index in [1.165, 1.54) is 0 Å². The van der Waals surface area contributed by atoms with Crippen molar-refractivity contribution >= 4 is 5.78 Å². The molecule has 0 spiro atoms. The van der Waals surface area contributed by atoms with E-state index in [4.69, 9.17) is 17.2 Å². The fraction of sp³-hybridized carbons (Fsp3) is 0.833. The Morgan fingerprint density at radius 2 is 2.00 bits per heavy atom. The third-order valence-corrected chi connectivity index (χ3v) is 1.34. The molecule has 0 aliphatic heterocycles. The highest BCUT2D eigenvalue weighted by Gasteiger charge is 2.10. The lowest BCUT2D eigenvalue weighted by Gasteiger charge is -2.12. The van der Waals surface area contributed by atoms with Gasteiger partial charge >= 0.3 is 0 Å². The molecule has 11 heavy (non-hydrogen) atoms. The Balaban J connectivity index is 3.52. The molecule has 5 heteroatoms.